The van der Waals surface area contributed by atoms with Crippen molar-refractivity contribution in [2.45, 2.75) is 46.6 Å². The van der Waals surface area contributed by atoms with Gasteiger partial charge in [-0.15, -0.1) is 11.3 Å². The summed E-state index contributed by atoms with van der Waals surface area (Å²) in [4.78, 5) is 19.7. The van der Waals surface area contributed by atoms with Crippen molar-refractivity contribution in [1.82, 2.24) is 0 Å². The second-order valence-corrected chi connectivity index (χ2v) is 13.5. The van der Waals surface area contributed by atoms with Crippen LogP contribution in [-0.4, -0.2) is 12.1 Å². The van der Waals surface area contributed by atoms with Crippen LogP contribution in [0.3, 0.4) is 0 Å². The van der Waals surface area contributed by atoms with Crippen LogP contribution in [0.1, 0.15) is 59.1 Å². The first-order chi connectivity index (χ1) is 19.2. The van der Waals surface area contributed by atoms with Gasteiger partial charge in [0.15, 0.2) is 0 Å². The predicted molar refractivity (Wildman–Crippen MR) is 171 cm³/mol. The van der Waals surface area contributed by atoms with E-state index in [4.69, 9.17) is 21.3 Å². The molecule has 0 bridgehead atoms. The summed E-state index contributed by atoms with van der Waals surface area (Å²) in [5.74, 6) is 1.23. The van der Waals surface area contributed by atoms with Crippen LogP contribution in [0, 0.1) is 11.3 Å². The maximum atomic E-state index is 13.6. The number of para-hydroxylation sites is 1. The number of carbonyl (C=O) groups excluding carboxylic acids is 1. The molecule has 1 aliphatic carbocycles. The van der Waals surface area contributed by atoms with Gasteiger partial charge in [-0.25, -0.2) is 4.99 Å². The zero-order valence-corrected chi connectivity index (χ0v) is 26.0. The Labute approximate surface area is 253 Å². The largest absolute Gasteiger partial charge is 0.488 e. The number of halogens is 2. The number of aliphatic imine (C=N–C) groups is 1. The minimum absolute atomic E-state index is 0.0998. The first kappa shape index (κ1) is 28.6. The first-order valence-electron chi connectivity index (χ1n) is 13.4. The van der Waals surface area contributed by atoms with E-state index in [-0.39, 0.29) is 11.3 Å². The molecule has 5 rings (SSSR count). The number of fused-ring (bicyclic) bond motifs is 1. The number of benzene rings is 3. The number of hydrogen-bond acceptors (Lipinski definition) is 4. The molecule has 0 saturated heterocycles. The second kappa shape index (κ2) is 12.3. The molecular formula is C33H32BrClN2O2S. The lowest BCUT2D eigenvalue weighted by Gasteiger charge is -2.33. The van der Waals surface area contributed by atoms with E-state index >= 15 is 0 Å². The molecule has 1 atom stereocenters. The molecule has 40 heavy (non-hydrogen) atoms. The fraction of sp³-hybridized carbons (Fsp3) is 0.273. The highest BCUT2D eigenvalue weighted by atomic mass is 79.9. The first-order valence-corrected chi connectivity index (χ1v) is 15.4. The van der Waals surface area contributed by atoms with Gasteiger partial charge in [-0.2, -0.15) is 0 Å². The molecule has 4 aromatic rings. The van der Waals surface area contributed by atoms with E-state index in [9.17, 15) is 4.79 Å². The van der Waals surface area contributed by atoms with Crippen molar-refractivity contribution in [1.29, 1.82) is 0 Å². The Balaban J connectivity index is 1.38. The van der Waals surface area contributed by atoms with Crippen molar-refractivity contribution >= 4 is 61.7 Å². The third-order valence-corrected chi connectivity index (χ3v) is 9.36. The Morgan fingerprint density at radius 3 is 2.58 bits per heavy atom. The van der Waals surface area contributed by atoms with Crippen LogP contribution in [0.25, 0.3) is 0 Å². The van der Waals surface area contributed by atoms with Gasteiger partial charge in [0.05, 0.1) is 10.0 Å². The summed E-state index contributed by atoms with van der Waals surface area (Å²) in [6.45, 7) is 7.36. The molecule has 4 nitrogen and oxygen atoms in total. The topological polar surface area (TPSA) is 50.7 Å². The summed E-state index contributed by atoms with van der Waals surface area (Å²) in [6, 6.07) is 23.1. The Morgan fingerprint density at radius 1 is 1.12 bits per heavy atom. The lowest BCUT2D eigenvalue weighted by atomic mass is 9.72. The van der Waals surface area contributed by atoms with Gasteiger partial charge in [-0.1, -0.05) is 62.7 Å². The Kier molecular flexibility index (Phi) is 8.79. The van der Waals surface area contributed by atoms with Crippen LogP contribution >= 0.6 is 38.9 Å². The van der Waals surface area contributed by atoms with E-state index in [0.717, 1.165) is 56.9 Å². The molecule has 1 heterocycles. The van der Waals surface area contributed by atoms with Gasteiger partial charge in [-0.05, 0) is 106 Å². The third-order valence-electron chi connectivity index (χ3n) is 7.32. The average Bonchev–Trinajstić information content (AvgIpc) is 3.30. The van der Waals surface area contributed by atoms with Gasteiger partial charge >= 0.3 is 0 Å². The normalized spacial score (nSPS) is 15.2. The molecule has 1 amide bonds. The highest BCUT2D eigenvalue weighted by Gasteiger charge is 2.33. The Morgan fingerprint density at radius 2 is 1.88 bits per heavy atom. The van der Waals surface area contributed by atoms with Crippen molar-refractivity contribution in [3.8, 4) is 5.75 Å². The molecule has 7 heteroatoms. The summed E-state index contributed by atoms with van der Waals surface area (Å²) in [5, 5.41) is 4.54. The number of nitrogens with zero attached hydrogens (tertiary/aromatic N) is 1. The summed E-state index contributed by atoms with van der Waals surface area (Å²) in [7, 11) is 0. The Hall–Kier alpha value is -2.93. The minimum Gasteiger partial charge on any atom is -0.488 e. The van der Waals surface area contributed by atoms with Crippen molar-refractivity contribution in [3.63, 3.8) is 0 Å². The smallest absolute Gasteiger partial charge is 0.259 e. The molecule has 1 aromatic heterocycles. The van der Waals surface area contributed by atoms with Crippen molar-refractivity contribution < 1.29 is 9.53 Å². The molecule has 0 unspecified atom stereocenters. The fourth-order valence-electron chi connectivity index (χ4n) is 4.94. The summed E-state index contributed by atoms with van der Waals surface area (Å²) in [5.41, 5.74) is 4.82. The van der Waals surface area contributed by atoms with Gasteiger partial charge in [-0.3, -0.25) is 4.79 Å². The van der Waals surface area contributed by atoms with Crippen molar-refractivity contribution in [2.75, 3.05) is 5.32 Å². The lowest BCUT2D eigenvalue weighted by molar-refractivity contribution is 0.102. The standard InChI is InChI=1S/C33H32BrClN2O2S/c1-33(2,3)23-12-15-26-29(18-23)40-32(30(26)31(38)37-25-7-5-4-6-8-25)36-19-22-11-16-28(27(34)17-22)39-20-21-9-13-24(35)14-10-21/h4-11,13-14,16-17,19,23H,12,15,18,20H2,1-3H3,(H,37,38)/t23-/m1/s1. The van der Waals surface area contributed by atoms with Gasteiger partial charge in [0.2, 0.25) is 0 Å². The number of rotatable bonds is 7. The van der Waals surface area contributed by atoms with Gasteiger partial charge in [0, 0.05) is 21.8 Å². The van der Waals surface area contributed by atoms with E-state index in [0.29, 0.717) is 23.1 Å². The minimum atomic E-state index is -0.0998. The number of amides is 1. The maximum absolute atomic E-state index is 13.6. The number of hydrogen-bond donors (Lipinski definition) is 1. The lowest BCUT2D eigenvalue weighted by Crippen LogP contribution is -2.27. The average molecular weight is 636 g/mol. The van der Waals surface area contributed by atoms with E-state index in [2.05, 4.69) is 42.0 Å². The molecule has 3 aromatic carbocycles. The van der Waals surface area contributed by atoms with Crippen LogP contribution in [-0.2, 0) is 19.4 Å². The zero-order valence-electron chi connectivity index (χ0n) is 22.8. The monoisotopic (exact) mass is 634 g/mol. The number of thiophene rings is 1. The number of anilines is 1. The highest BCUT2D eigenvalue weighted by Crippen LogP contribution is 2.45. The zero-order chi connectivity index (χ0) is 28.3. The Bertz CT molecular complexity index is 1520. The highest BCUT2D eigenvalue weighted by molar-refractivity contribution is 9.10. The van der Waals surface area contributed by atoms with E-state index in [1.54, 1.807) is 11.3 Å². The molecule has 0 fully saturated rings. The number of carbonyl (C=O) groups is 1. The predicted octanol–water partition coefficient (Wildman–Crippen LogP) is 9.90. The summed E-state index contributed by atoms with van der Waals surface area (Å²) >= 11 is 11.3. The van der Waals surface area contributed by atoms with Crippen molar-refractivity contribution in [3.05, 3.63) is 109 Å². The van der Waals surface area contributed by atoms with Crippen LogP contribution < -0.4 is 10.1 Å². The van der Waals surface area contributed by atoms with Gasteiger partial charge in [0.25, 0.3) is 5.91 Å². The van der Waals surface area contributed by atoms with Crippen molar-refractivity contribution in [2.24, 2.45) is 16.3 Å². The molecule has 1 aliphatic rings. The summed E-state index contributed by atoms with van der Waals surface area (Å²) in [6.07, 6.45) is 4.78. The van der Waals surface area contributed by atoms with Crippen LogP contribution in [0.5, 0.6) is 5.75 Å². The number of ether oxygens (including phenoxy) is 1. The molecule has 1 N–H and O–H groups in total. The third kappa shape index (κ3) is 6.85. The van der Waals surface area contributed by atoms with Crippen LogP contribution in [0.2, 0.25) is 5.02 Å². The molecular weight excluding hydrogens is 604 g/mol. The molecule has 0 spiro atoms. The quantitative estimate of drug-likeness (QED) is 0.206. The molecule has 0 aliphatic heterocycles. The van der Waals surface area contributed by atoms with Gasteiger partial charge in [0.1, 0.15) is 17.4 Å². The maximum Gasteiger partial charge on any atom is 0.259 e. The van der Waals surface area contributed by atoms with E-state index in [1.165, 1.54) is 4.88 Å². The van der Waals surface area contributed by atoms with E-state index < -0.39 is 0 Å². The molecule has 0 saturated carbocycles. The molecule has 206 valence electrons. The fourth-order valence-corrected chi connectivity index (χ4v) is 6.85. The SMILES string of the molecule is CC(C)(C)[C@@H]1CCc2c(sc(N=Cc3ccc(OCc4ccc(Cl)cc4)c(Br)c3)c2C(=O)Nc2ccccc2)C1. The van der Waals surface area contributed by atoms with Crippen LogP contribution in [0.4, 0.5) is 10.7 Å². The molecule has 0 radical (unpaired) electrons. The number of nitrogens with one attached hydrogen (secondary N) is 1. The second-order valence-electron chi connectivity index (χ2n) is 11.2. The van der Waals surface area contributed by atoms with E-state index in [1.807, 2.05) is 79.0 Å². The van der Waals surface area contributed by atoms with Crippen LogP contribution in [0.15, 0.2) is 82.3 Å². The van der Waals surface area contributed by atoms with Gasteiger partial charge < -0.3 is 10.1 Å². The summed E-state index contributed by atoms with van der Waals surface area (Å²) < 4.78 is 6.83.